The van der Waals surface area contributed by atoms with E-state index in [2.05, 4.69) is 10.2 Å². The van der Waals surface area contributed by atoms with Crippen LogP contribution < -0.4 is 19.7 Å². The number of nitrogens with zero attached hydrogens (tertiary/aromatic N) is 2. The van der Waals surface area contributed by atoms with Crippen molar-refractivity contribution in [1.29, 1.82) is 0 Å². The van der Waals surface area contributed by atoms with E-state index in [0.29, 0.717) is 11.7 Å². The zero-order chi connectivity index (χ0) is 18.6. The second-order valence-corrected chi connectivity index (χ2v) is 7.63. The fourth-order valence-electron chi connectivity index (χ4n) is 4.33. The van der Waals surface area contributed by atoms with Gasteiger partial charge >= 0.3 is 0 Å². The van der Waals surface area contributed by atoms with Crippen molar-refractivity contribution in [2.45, 2.75) is 11.5 Å². The van der Waals surface area contributed by atoms with Gasteiger partial charge in [-0.2, -0.15) is 0 Å². The average molecular weight is 381 g/mol. The van der Waals surface area contributed by atoms with E-state index in [1.165, 1.54) is 0 Å². The summed E-state index contributed by atoms with van der Waals surface area (Å²) >= 11 is 5.56. The molecular weight excluding hydrogens is 362 g/mol. The van der Waals surface area contributed by atoms with Gasteiger partial charge in [0, 0.05) is 19.0 Å². The number of likely N-dealkylation sites (N-methyl/N-ethyl adjacent to an activating group) is 1. The molecule has 0 radical (unpaired) electrons. The van der Waals surface area contributed by atoms with Crippen LogP contribution in [0.25, 0.3) is 0 Å². The molecule has 27 heavy (non-hydrogen) atoms. The van der Waals surface area contributed by atoms with Gasteiger partial charge < -0.3 is 19.7 Å². The van der Waals surface area contributed by atoms with Crippen LogP contribution in [-0.2, 0) is 4.79 Å². The second kappa shape index (κ2) is 5.94. The molecule has 0 aliphatic carbocycles. The molecule has 2 aromatic rings. The first-order valence-corrected chi connectivity index (χ1v) is 9.29. The van der Waals surface area contributed by atoms with Crippen LogP contribution in [0, 0.1) is 0 Å². The molecule has 5 rings (SSSR count). The highest BCUT2D eigenvalue weighted by Crippen LogP contribution is 2.43. The lowest BCUT2D eigenvalue weighted by Crippen LogP contribution is -2.52. The van der Waals surface area contributed by atoms with Crippen molar-refractivity contribution in [2.24, 2.45) is 0 Å². The summed E-state index contributed by atoms with van der Waals surface area (Å²) in [6.07, 6.45) is 0. The van der Waals surface area contributed by atoms with E-state index < -0.39 is 5.54 Å². The number of anilines is 1. The summed E-state index contributed by atoms with van der Waals surface area (Å²) in [6, 6.07) is 15.5. The van der Waals surface area contributed by atoms with Crippen molar-refractivity contribution in [3.63, 3.8) is 0 Å². The molecule has 2 aromatic carbocycles. The lowest BCUT2D eigenvalue weighted by atomic mass is 9.81. The third kappa shape index (κ3) is 2.42. The Morgan fingerprint density at radius 1 is 1.15 bits per heavy atom. The predicted octanol–water partition coefficient (Wildman–Crippen LogP) is 2.10. The normalized spacial score (nSPS) is 26.9. The van der Waals surface area contributed by atoms with Gasteiger partial charge in [0.2, 0.25) is 6.79 Å². The molecular formula is C20H19N3O3S. The predicted molar refractivity (Wildman–Crippen MR) is 105 cm³/mol. The molecule has 7 heteroatoms. The smallest absolute Gasteiger partial charge is 0.261 e. The summed E-state index contributed by atoms with van der Waals surface area (Å²) < 4.78 is 11.0. The first-order chi connectivity index (χ1) is 13.1. The second-order valence-electron chi connectivity index (χ2n) is 7.24. The Bertz CT molecular complexity index is 935. The monoisotopic (exact) mass is 381 g/mol. The van der Waals surface area contributed by atoms with E-state index in [0.717, 1.165) is 29.3 Å². The maximum absolute atomic E-state index is 13.6. The molecule has 2 fully saturated rings. The van der Waals surface area contributed by atoms with Crippen molar-refractivity contribution >= 4 is 28.9 Å². The Balaban J connectivity index is 1.56. The topological polar surface area (TPSA) is 54.0 Å². The van der Waals surface area contributed by atoms with Gasteiger partial charge in [0.25, 0.3) is 5.91 Å². The van der Waals surface area contributed by atoms with E-state index in [-0.39, 0.29) is 18.6 Å². The van der Waals surface area contributed by atoms with Crippen LogP contribution in [-0.4, -0.2) is 48.4 Å². The Kier molecular flexibility index (Phi) is 3.63. The van der Waals surface area contributed by atoms with Gasteiger partial charge in [-0.3, -0.25) is 9.69 Å². The molecule has 3 aliphatic rings. The number of likely N-dealkylation sites (tertiary alicyclic amines) is 1. The molecule has 6 nitrogen and oxygen atoms in total. The molecule has 3 heterocycles. The molecule has 2 atom stereocenters. The van der Waals surface area contributed by atoms with Gasteiger partial charge in [-0.1, -0.05) is 24.3 Å². The number of thiocarbonyl (C=S) groups is 1. The van der Waals surface area contributed by atoms with Crippen molar-refractivity contribution in [3.05, 3.63) is 54.1 Å². The molecule has 0 bridgehead atoms. The van der Waals surface area contributed by atoms with Gasteiger partial charge in [-0.15, -0.1) is 0 Å². The van der Waals surface area contributed by atoms with Crippen molar-refractivity contribution < 1.29 is 14.3 Å². The van der Waals surface area contributed by atoms with Crippen LogP contribution in [0.5, 0.6) is 11.5 Å². The summed E-state index contributed by atoms with van der Waals surface area (Å²) in [4.78, 5) is 17.4. The zero-order valence-electron chi connectivity index (χ0n) is 14.8. The largest absolute Gasteiger partial charge is 0.454 e. The minimum atomic E-state index is -0.782. The third-order valence-electron chi connectivity index (χ3n) is 5.54. The van der Waals surface area contributed by atoms with Gasteiger partial charge in [-0.25, -0.2) is 0 Å². The quantitative estimate of drug-likeness (QED) is 0.805. The van der Waals surface area contributed by atoms with E-state index >= 15 is 0 Å². The standard InChI is InChI=1S/C20H19N3O3S/c1-22-10-15(13-7-8-16-17(9-13)26-12-25-16)20(11-22)18(24)23(19(27)21-20)14-5-3-2-4-6-14/h2-9,15H,10-12H2,1H3,(H,21,27)/t15-,20+/m1/s1. The van der Waals surface area contributed by atoms with E-state index in [4.69, 9.17) is 21.7 Å². The van der Waals surface area contributed by atoms with Crippen molar-refractivity contribution in [2.75, 3.05) is 31.8 Å². The van der Waals surface area contributed by atoms with Crippen LogP contribution in [0.15, 0.2) is 48.5 Å². The number of hydrogen-bond acceptors (Lipinski definition) is 5. The van der Waals surface area contributed by atoms with E-state index in [9.17, 15) is 4.79 Å². The van der Waals surface area contributed by atoms with Crippen LogP contribution in [0.1, 0.15) is 11.5 Å². The number of rotatable bonds is 2. The highest BCUT2D eigenvalue weighted by molar-refractivity contribution is 7.80. The Morgan fingerprint density at radius 2 is 1.93 bits per heavy atom. The van der Waals surface area contributed by atoms with Gasteiger partial charge in [0.05, 0.1) is 5.69 Å². The zero-order valence-corrected chi connectivity index (χ0v) is 15.7. The number of fused-ring (bicyclic) bond motifs is 1. The summed E-state index contributed by atoms with van der Waals surface area (Å²) in [5, 5.41) is 3.82. The lowest BCUT2D eigenvalue weighted by Gasteiger charge is -2.28. The lowest BCUT2D eigenvalue weighted by molar-refractivity contribution is -0.122. The highest BCUT2D eigenvalue weighted by atomic mass is 32.1. The molecule has 0 aromatic heterocycles. The summed E-state index contributed by atoms with van der Waals surface area (Å²) in [6.45, 7) is 1.58. The molecule has 1 amide bonds. The summed E-state index contributed by atoms with van der Waals surface area (Å²) in [5.41, 5.74) is 1.05. The number of amides is 1. The average Bonchev–Trinajstić information content (AvgIpc) is 3.32. The van der Waals surface area contributed by atoms with E-state index in [1.807, 2.05) is 55.6 Å². The number of ether oxygens (including phenoxy) is 2. The molecule has 1 N–H and O–H groups in total. The number of benzene rings is 2. The van der Waals surface area contributed by atoms with Gasteiger partial charge in [0.15, 0.2) is 16.6 Å². The molecule has 1 spiro atoms. The summed E-state index contributed by atoms with van der Waals surface area (Å²) in [7, 11) is 2.03. The van der Waals surface area contributed by atoms with Crippen molar-refractivity contribution in [3.8, 4) is 11.5 Å². The molecule has 2 saturated heterocycles. The number of carbonyl (C=O) groups excluding carboxylic acids is 1. The maximum atomic E-state index is 13.6. The number of para-hydroxylation sites is 1. The van der Waals surface area contributed by atoms with Crippen LogP contribution >= 0.6 is 12.2 Å². The number of nitrogens with one attached hydrogen (secondary N) is 1. The number of carbonyl (C=O) groups is 1. The Hall–Kier alpha value is -2.64. The highest BCUT2D eigenvalue weighted by Gasteiger charge is 2.59. The Morgan fingerprint density at radius 3 is 2.74 bits per heavy atom. The van der Waals surface area contributed by atoms with Gasteiger partial charge in [-0.05, 0) is 49.1 Å². The SMILES string of the molecule is CN1C[C@H](c2ccc3c(c2)OCO3)[C@]2(C1)NC(=S)N(c1ccccc1)C2=O. The van der Waals surface area contributed by atoms with Crippen molar-refractivity contribution in [1.82, 2.24) is 10.2 Å². The molecule has 0 saturated carbocycles. The Labute approximate surface area is 162 Å². The van der Waals surface area contributed by atoms with E-state index in [1.54, 1.807) is 4.90 Å². The van der Waals surface area contributed by atoms with Crippen LogP contribution in [0.4, 0.5) is 5.69 Å². The summed E-state index contributed by atoms with van der Waals surface area (Å²) in [5.74, 6) is 1.42. The van der Waals surface area contributed by atoms with Crippen LogP contribution in [0.2, 0.25) is 0 Å². The third-order valence-corrected chi connectivity index (χ3v) is 5.82. The fraction of sp³-hybridized carbons (Fsp3) is 0.300. The van der Waals surface area contributed by atoms with Crippen LogP contribution in [0.3, 0.4) is 0 Å². The minimum Gasteiger partial charge on any atom is -0.454 e. The first kappa shape index (κ1) is 16.5. The molecule has 3 aliphatic heterocycles. The molecule has 0 unspecified atom stereocenters. The molecule has 138 valence electrons. The fourth-order valence-corrected chi connectivity index (χ4v) is 4.71. The minimum absolute atomic E-state index is 0.00860. The number of hydrogen-bond donors (Lipinski definition) is 1. The first-order valence-electron chi connectivity index (χ1n) is 8.88. The van der Waals surface area contributed by atoms with Gasteiger partial charge in [0.1, 0.15) is 5.54 Å². The maximum Gasteiger partial charge on any atom is 0.261 e.